The second kappa shape index (κ2) is 7.80. The highest BCUT2D eigenvalue weighted by atomic mass is 19.1. The summed E-state index contributed by atoms with van der Waals surface area (Å²) in [5, 5.41) is 6.42. The summed E-state index contributed by atoms with van der Waals surface area (Å²) < 4.78 is 18.7. The van der Waals surface area contributed by atoms with Crippen LogP contribution in [0, 0.1) is 18.2 Å². The van der Waals surface area contributed by atoms with Gasteiger partial charge in [0, 0.05) is 30.3 Å². The van der Waals surface area contributed by atoms with Crippen LogP contribution in [0.15, 0.2) is 42.5 Å². The first-order valence-electron chi connectivity index (χ1n) is 9.38. The van der Waals surface area contributed by atoms with Gasteiger partial charge in [-0.2, -0.15) is 4.98 Å². The van der Waals surface area contributed by atoms with Gasteiger partial charge in [-0.3, -0.25) is 0 Å². The lowest BCUT2D eigenvalue weighted by Gasteiger charge is -2.15. The molecule has 0 saturated carbocycles. The number of benzene rings is 2. The van der Waals surface area contributed by atoms with Crippen LogP contribution in [-0.4, -0.2) is 24.1 Å². The minimum Gasteiger partial charge on any atom is -0.495 e. The Bertz CT molecular complexity index is 1090. The molecule has 6 heteroatoms. The predicted octanol–water partition coefficient (Wildman–Crippen LogP) is 4.47. The Morgan fingerprint density at radius 2 is 1.97 bits per heavy atom. The number of anilines is 3. The van der Waals surface area contributed by atoms with Crippen LogP contribution in [0.1, 0.15) is 34.7 Å². The number of halogens is 1. The third-order valence-corrected chi connectivity index (χ3v) is 5.17. The highest BCUT2D eigenvalue weighted by molar-refractivity contribution is 5.63. The second-order valence-corrected chi connectivity index (χ2v) is 6.84. The minimum atomic E-state index is -0.239. The number of nitrogens with one attached hydrogen (secondary N) is 2. The van der Waals surface area contributed by atoms with Crippen molar-refractivity contribution in [3.05, 3.63) is 70.7 Å². The van der Waals surface area contributed by atoms with E-state index in [0.29, 0.717) is 17.3 Å². The molecule has 0 radical (unpaired) electrons. The average molecular weight is 388 g/mol. The summed E-state index contributed by atoms with van der Waals surface area (Å²) in [6, 6.07) is 12.1. The number of ether oxygens (including phenoxy) is 1. The van der Waals surface area contributed by atoms with E-state index in [4.69, 9.17) is 16.1 Å². The molecule has 29 heavy (non-hydrogen) atoms. The fourth-order valence-corrected chi connectivity index (χ4v) is 3.76. The Morgan fingerprint density at radius 3 is 2.66 bits per heavy atom. The summed E-state index contributed by atoms with van der Waals surface area (Å²) in [6.07, 6.45) is 7.29. The van der Waals surface area contributed by atoms with E-state index in [2.05, 4.69) is 21.5 Å². The molecule has 0 saturated heterocycles. The quantitative estimate of drug-likeness (QED) is 0.632. The van der Waals surface area contributed by atoms with Crippen molar-refractivity contribution in [1.29, 1.82) is 0 Å². The van der Waals surface area contributed by atoms with Crippen LogP contribution in [0.2, 0.25) is 0 Å². The molecule has 0 bridgehead atoms. The summed E-state index contributed by atoms with van der Waals surface area (Å²) in [4.78, 5) is 9.42. The minimum absolute atomic E-state index is 0.111. The summed E-state index contributed by atoms with van der Waals surface area (Å²) in [5.74, 6) is 4.36. The Kier molecular flexibility index (Phi) is 5.05. The molecule has 1 aliphatic carbocycles. The van der Waals surface area contributed by atoms with Gasteiger partial charge in [0.15, 0.2) is 0 Å². The lowest BCUT2D eigenvalue weighted by atomic mass is 9.97. The molecule has 5 nitrogen and oxygen atoms in total. The maximum Gasteiger partial charge on any atom is 0.229 e. The average Bonchev–Trinajstić information content (AvgIpc) is 3.17. The molecule has 2 aromatic carbocycles. The molecular weight excluding hydrogens is 367 g/mol. The van der Waals surface area contributed by atoms with Gasteiger partial charge in [-0.05, 0) is 42.7 Å². The number of fused-ring (bicyclic) bond motifs is 1. The molecule has 1 heterocycles. The van der Waals surface area contributed by atoms with Gasteiger partial charge < -0.3 is 15.4 Å². The first kappa shape index (κ1) is 18.8. The largest absolute Gasteiger partial charge is 0.495 e. The van der Waals surface area contributed by atoms with E-state index in [1.54, 1.807) is 7.11 Å². The molecule has 1 unspecified atom stereocenters. The van der Waals surface area contributed by atoms with E-state index in [-0.39, 0.29) is 11.7 Å². The number of nitrogens with zero attached hydrogens (tertiary/aromatic N) is 2. The van der Waals surface area contributed by atoms with E-state index in [1.807, 2.05) is 37.4 Å². The van der Waals surface area contributed by atoms with Gasteiger partial charge in [0.1, 0.15) is 17.4 Å². The van der Waals surface area contributed by atoms with E-state index < -0.39 is 0 Å². The lowest BCUT2D eigenvalue weighted by molar-refractivity contribution is 0.414. The van der Waals surface area contributed by atoms with Crippen molar-refractivity contribution in [2.45, 2.75) is 18.8 Å². The molecule has 1 aliphatic rings. The number of hydrogen-bond donors (Lipinski definition) is 2. The zero-order chi connectivity index (χ0) is 20.4. The fourth-order valence-electron chi connectivity index (χ4n) is 3.76. The zero-order valence-electron chi connectivity index (χ0n) is 16.3. The smallest absolute Gasteiger partial charge is 0.229 e. The van der Waals surface area contributed by atoms with E-state index in [1.165, 1.54) is 12.1 Å². The summed E-state index contributed by atoms with van der Waals surface area (Å²) in [6.45, 7) is 0. The highest BCUT2D eigenvalue weighted by Gasteiger charge is 2.29. The first-order valence-corrected chi connectivity index (χ1v) is 9.38. The molecular formula is C23H21FN4O. The van der Waals surface area contributed by atoms with Crippen molar-refractivity contribution in [2.75, 3.05) is 24.8 Å². The number of hydrogen-bond acceptors (Lipinski definition) is 5. The molecule has 3 aromatic rings. The molecule has 4 rings (SSSR count). The predicted molar refractivity (Wildman–Crippen MR) is 112 cm³/mol. The highest BCUT2D eigenvalue weighted by Crippen LogP contribution is 2.40. The van der Waals surface area contributed by atoms with Crippen LogP contribution in [-0.2, 0) is 6.42 Å². The van der Waals surface area contributed by atoms with Crippen LogP contribution in [0.25, 0.3) is 0 Å². The molecule has 0 aliphatic heterocycles. The number of rotatable bonds is 5. The summed E-state index contributed by atoms with van der Waals surface area (Å²) in [7, 11) is 3.43. The Morgan fingerprint density at radius 1 is 1.17 bits per heavy atom. The second-order valence-electron chi connectivity index (χ2n) is 6.84. The van der Waals surface area contributed by atoms with E-state index in [9.17, 15) is 4.39 Å². The van der Waals surface area contributed by atoms with E-state index >= 15 is 0 Å². The van der Waals surface area contributed by atoms with Crippen molar-refractivity contribution >= 4 is 17.5 Å². The topological polar surface area (TPSA) is 59.1 Å². The maximum absolute atomic E-state index is 13.3. The number of aromatic nitrogens is 2. The molecule has 0 spiro atoms. The molecule has 1 atom stereocenters. The van der Waals surface area contributed by atoms with Gasteiger partial charge in [-0.1, -0.05) is 18.1 Å². The van der Waals surface area contributed by atoms with Crippen molar-refractivity contribution in [3.8, 4) is 18.1 Å². The van der Waals surface area contributed by atoms with Gasteiger partial charge >= 0.3 is 0 Å². The third-order valence-electron chi connectivity index (χ3n) is 5.17. The Labute approximate surface area is 169 Å². The SMILES string of the molecule is C#Cc1ccc(Nc2nc(NC)c3c(n2)C(c2ccc(F)cc2)CC3)cc1OC. The van der Waals surface area contributed by atoms with Crippen molar-refractivity contribution in [3.63, 3.8) is 0 Å². The zero-order valence-corrected chi connectivity index (χ0v) is 16.3. The van der Waals surface area contributed by atoms with Crippen LogP contribution in [0.5, 0.6) is 5.75 Å². The van der Waals surface area contributed by atoms with Gasteiger partial charge in [0.05, 0.1) is 18.4 Å². The first-order chi connectivity index (χ1) is 14.1. The standard InChI is InChI=1S/C23H21FN4O/c1-4-14-7-10-17(13-20(14)29-3)26-23-27-21-18(15-5-8-16(24)9-6-15)11-12-19(21)22(25-2)28-23/h1,5-10,13,18H,11-12H2,2-3H3,(H2,25,26,27,28). The molecule has 2 N–H and O–H groups in total. The van der Waals surface area contributed by atoms with Crippen LogP contribution in [0.3, 0.4) is 0 Å². The van der Waals surface area contributed by atoms with Gasteiger partial charge in [-0.15, -0.1) is 6.42 Å². The normalized spacial score (nSPS) is 14.8. The van der Waals surface area contributed by atoms with Crippen molar-refractivity contribution < 1.29 is 9.13 Å². The van der Waals surface area contributed by atoms with Crippen molar-refractivity contribution in [1.82, 2.24) is 9.97 Å². The summed E-state index contributed by atoms with van der Waals surface area (Å²) >= 11 is 0. The Balaban J connectivity index is 1.70. The maximum atomic E-state index is 13.3. The molecule has 1 aromatic heterocycles. The Hall–Kier alpha value is -3.59. The fraction of sp³-hybridized carbons (Fsp3) is 0.217. The van der Waals surface area contributed by atoms with Gasteiger partial charge in [-0.25, -0.2) is 9.37 Å². The van der Waals surface area contributed by atoms with E-state index in [0.717, 1.165) is 41.2 Å². The summed E-state index contributed by atoms with van der Waals surface area (Å²) in [5.41, 5.74) is 4.58. The number of methoxy groups -OCH3 is 1. The monoisotopic (exact) mass is 388 g/mol. The van der Waals surface area contributed by atoms with Crippen molar-refractivity contribution in [2.24, 2.45) is 0 Å². The number of terminal acetylenes is 1. The van der Waals surface area contributed by atoms with Crippen LogP contribution >= 0.6 is 0 Å². The van der Waals surface area contributed by atoms with Gasteiger partial charge in [0.25, 0.3) is 0 Å². The lowest BCUT2D eigenvalue weighted by Crippen LogP contribution is -2.08. The molecule has 146 valence electrons. The molecule has 0 fully saturated rings. The van der Waals surface area contributed by atoms with Crippen LogP contribution < -0.4 is 15.4 Å². The third kappa shape index (κ3) is 3.59. The molecule has 0 amide bonds. The van der Waals surface area contributed by atoms with Crippen LogP contribution in [0.4, 0.5) is 21.8 Å². The van der Waals surface area contributed by atoms with Gasteiger partial charge in [0.2, 0.25) is 5.95 Å².